The third-order valence-corrected chi connectivity index (χ3v) is 8.10. The van der Waals surface area contributed by atoms with Crippen LogP contribution in [-0.4, -0.2) is 70.7 Å². The number of hydrogen-bond acceptors (Lipinski definition) is 9. The van der Waals surface area contributed by atoms with E-state index in [1.54, 1.807) is 19.5 Å². The normalized spacial score (nSPS) is 18.4. The van der Waals surface area contributed by atoms with Gasteiger partial charge in [0, 0.05) is 18.7 Å². The number of nitrogens with one attached hydrogen (secondary N) is 3. The topological polar surface area (TPSA) is 144 Å². The maximum Gasteiger partial charge on any atom is 0.258 e. The van der Waals surface area contributed by atoms with Gasteiger partial charge in [-0.3, -0.25) is 9.59 Å². The number of carbonyl (C=O) groups is 2. The first-order valence-electron chi connectivity index (χ1n) is 14.6. The first-order chi connectivity index (χ1) is 21.9. The van der Waals surface area contributed by atoms with Crippen LogP contribution in [-0.2, 0) is 11.3 Å². The SMILES string of the molecule is COc1cc2ccc1O[C@H]1CN(c3ncnc4nc[nH]c34)C[C@@H]1NC(=O)c1ccc(C)c(c1)-c1cccc(c1)OCC(=O)NC2. The largest absolute Gasteiger partial charge is 0.493 e. The molecule has 3 aromatic carbocycles. The highest BCUT2D eigenvalue weighted by atomic mass is 16.5. The fourth-order valence-electron chi connectivity index (χ4n) is 5.76. The van der Waals surface area contributed by atoms with Crippen LogP contribution in [0, 0.1) is 6.92 Å². The number of ether oxygens (including phenoxy) is 3. The third-order valence-electron chi connectivity index (χ3n) is 8.10. The number of hydrogen-bond donors (Lipinski definition) is 3. The van der Waals surface area contributed by atoms with E-state index in [9.17, 15) is 9.59 Å². The molecule has 2 aromatic heterocycles. The first-order valence-corrected chi connectivity index (χ1v) is 14.6. The van der Waals surface area contributed by atoms with Gasteiger partial charge in [0.2, 0.25) is 0 Å². The van der Waals surface area contributed by atoms with Gasteiger partial charge in [0.05, 0.1) is 26.0 Å². The van der Waals surface area contributed by atoms with Crippen LogP contribution in [0.2, 0.25) is 0 Å². The zero-order valence-corrected chi connectivity index (χ0v) is 24.7. The van der Waals surface area contributed by atoms with Crippen LogP contribution < -0.4 is 29.7 Å². The van der Waals surface area contributed by atoms with Crippen molar-refractivity contribution in [2.24, 2.45) is 0 Å². The molecule has 1 saturated heterocycles. The van der Waals surface area contributed by atoms with Crippen molar-refractivity contribution in [2.75, 3.05) is 31.7 Å². The zero-order chi connectivity index (χ0) is 30.9. The zero-order valence-electron chi connectivity index (χ0n) is 24.7. The molecule has 0 spiro atoms. The quantitative estimate of drug-likeness (QED) is 0.276. The van der Waals surface area contributed by atoms with Crippen molar-refractivity contribution in [2.45, 2.75) is 25.6 Å². The van der Waals surface area contributed by atoms with Gasteiger partial charge < -0.3 is 34.7 Å². The van der Waals surface area contributed by atoms with Crippen LogP contribution in [0.1, 0.15) is 21.5 Å². The Bertz CT molecular complexity index is 1910. The number of anilines is 1. The fraction of sp³-hybridized carbons (Fsp3) is 0.242. The van der Waals surface area contributed by atoms with Gasteiger partial charge in [-0.05, 0) is 65.6 Å². The van der Waals surface area contributed by atoms with E-state index in [1.807, 2.05) is 61.5 Å². The summed E-state index contributed by atoms with van der Waals surface area (Å²) in [7, 11) is 1.57. The van der Waals surface area contributed by atoms with Crippen molar-refractivity contribution in [3.63, 3.8) is 0 Å². The van der Waals surface area contributed by atoms with E-state index in [0.29, 0.717) is 52.9 Å². The Labute approximate surface area is 258 Å². The van der Waals surface area contributed by atoms with Crippen molar-refractivity contribution < 1.29 is 23.8 Å². The Hall–Kier alpha value is -5.65. The van der Waals surface area contributed by atoms with E-state index in [0.717, 1.165) is 22.3 Å². The molecule has 3 N–H and O–H groups in total. The number of benzene rings is 3. The van der Waals surface area contributed by atoms with Gasteiger partial charge in [0.15, 0.2) is 29.6 Å². The van der Waals surface area contributed by atoms with Crippen molar-refractivity contribution in [1.29, 1.82) is 0 Å². The molecular weight excluding hydrogens is 574 g/mol. The van der Waals surface area contributed by atoms with Gasteiger partial charge in [-0.1, -0.05) is 24.3 Å². The van der Waals surface area contributed by atoms with E-state index in [4.69, 9.17) is 14.2 Å². The molecule has 2 amide bonds. The van der Waals surface area contributed by atoms with Gasteiger partial charge in [0.1, 0.15) is 23.7 Å². The number of imidazole rings is 1. The highest BCUT2D eigenvalue weighted by Crippen LogP contribution is 2.33. The molecular formula is C33H31N7O5. The van der Waals surface area contributed by atoms with E-state index < -0.39 is 12.1 Å². The Morgan fingerprint density at radius 3 is 2.78 bits per heavy atom. The molecule has 12 nitrogen and oxygen atoms in total. The number of H-pyrrole nitrogens is 1. The summed E-state index contributed by atoms with van der Waals surface area (Å²) in [6, 6.07) is 18.2. The van der Waals surface area contributed by atoms with Crippen molar-refractivity contribution in [1.82, 2.24) is 30.6 Å². The summed E-state index contributed by atoms with van der Waals surface area (Å²) >= 11 is 0. The molecule has 8 rings (SSSR count). The molecule has 45 heavy (non-hydrogen) atoms. The first kappa shape index (κ1) is 28.1. The van der Waals surface area contributed by atoms with Gasteiger partial charge in [-0.25, -0.2) is 15.0 Å². The van der Waals surface area contributed by atoms with Gasteiger partial charge >= 0.3 is 0 Å². The number of methoxy groups -OCH3 is 1. The van der Waals surface area contributed by atoms with Crippen LogP contribution in [0.4, 0.5) is 5.82 Å². The van der Waals surface area contributed by atoms with E-state index >= 15 is 0 Å². The number of amides is 2. The Kier molecular flexibility index (Phi) is 7.38. The Balaban J connectivity index is 1.27. The van der Waals surface area contributed by atoms with Crippen molar-refractivity contribution in [3.8, 4) is 28.4 Å². The lowest BCUT2D eigenvalue weighted by atomic mass is 9.97. The molecule has 2 atom stereocenters. The summed E-state index contributed by atoms with van der Waals surface area (Å²) in [5, 5.41) is 6.12. The minimum absolute atomic E-state index is 0.139. The second-order valence-electron chi connectivity index (χ2n) is 11.0. The average Bonchev–Trinajstić information content (AvgIpc) is 3.70. The minimum atomic E-state index is -0.453. The van der Waals surface area contributed by atoms with Crippen LogP contribution in [0.15, 0.2) is 73.3 Å². The van der Waals surface area contributed by atoms with Crippen LogP contribution in [0.3, 0.4) is 0 Å². The number of rotatable bonds is 2. The molecule has 5 aromatic rings. The summed E-state index contributed by atoms with van der Waals surface area (Å²) < 4.78 is 18.0. The highest BCUT2D eigenvalue weighted by molar-refractivity contribution is 5.96. The smallest absolute Gasteiger partial charge is 0.258 e. The summed E-state index contributed by atoms with van der Waals surface area (Å²) in [6.45, 7) is 3.01. The molecule has 5 heterocycles. The molecule has 1 fully saturated rings. The number of aryl methyl sites for hydroxylation is 1. The number of nitrogens with zero attached hydrogens (tertiary/aromatic N) is 4. The van der Waals surface area contributed by atoms with Gasteiger partial charge in [0.25, 0.3) is 11.8 Å². The molecule has 0 radical (unpaired) electrons. The lowest BCUT2D eigenvalue weighted by Crippen LogP contribution is -2.45. The third kappa shape index (κ3) is 5.69. The monoisotopic (exact) mass is 605 g/mol. The molecule has 228 valence electrons. The maximum atomic E-state index is 13.8. The minimum Gasteiger partial charge on any atom is -0.493 e. The van der Waals surface area contributed by atoms with E-state index in [-0.39, 0.29) is 25.0 Å². The molecule has 6 bridgehead atoms. The molecule has 0 saturated carbocycles. The Morgan fingerprint density at radius 2 is 1.89 bits per heavy atom. The summed E-state index contributed by atoms with van der Waals surface area (Å²) in [5.41, 5.74) is 5.37. The molecule has 0 unspecified atom stereocenters. The summed E-state index contributed by atoms with van der Waals surface area (Å²) in [5.74, 6) is 1.77. The van der Waals surface area contributed by atoms with Gasteiger partial charge in [-0.15, -0.1) is 0 Å². The highest BCUT2D eigenvalue weighted by Gasteiger charge is 2.38. The van der Waals surface area contributed by atoms with Crippen molar-refractivity contribution in [3.05, 3.63) is 90.0 Å². The second-order valence-corrected chi connectivity index (χ2v) is 11.0. The maximum absolute atomic E-state index is 13.8. The summed E-state index contributed by atoms with van der Waals surface area (Å²) in [4.78, 5) is 44.7. The average molecular weight is 606 g/mol. The van der Waals surface area contributed by atoms with E-state index in [2.05, 4.69) is 35.5 Å². The fourth-order valence-corrected chi connectivity index (χ4v) is 5.76. The standard InChI is InChI=1S/C33H31N7O5/c1-19-6-8-22-12-24(19)21-4-3-5-23(11-21)44-16-29(41)34-13-20-7-9-26(27(10-20)43-2)45-28-15-40(14-25(28)39-33(22)42)32-30-31(36-17-35-30)37-18-38-32/h3-12,17-18,25,28H,13-16H2,1-2H3,(H,34,41)(H,39,42)(H,35,36,37,38)/t25-,28-/m0/s1. The van der Waals surface area contributed by atoms with Crippen LogP contribution >= 0.6 is 0 Å². The molecule has 3 aliphatic rings. The predicted octanol–water partition coefficient (Wildman–Crippen LogP) is 3.41. The van der Waals surface area contributed by atoms with Crippen LogP contribution in [0.25, 0.3) is 22.3 Å². The summed E-state index contributed by atoms with van der Waals surface area (Å²) in [6.07, 6.45) is 2.61. The number of aromatic nitrogens is 4. The lowest BCUT2D eigenvalue weighted by Gasteiger charge is -2.23. The molecule has 12 heteroatoms. The molecule has 0 aliphatic carbocycles. The number of carbonyl (C=O) groups excluding carboxylic acids is 2. The number of fused-ring (bicyclic) bond motifs is 8. The molecule has 3 aliphatic heterocycles. The lowest BCUT2D eigenvalue weighted by molar-refractivity contribution is -0.123. The van der Waals surface area contributed by atoms with Gasteiger partial charge in [-0.2, -0.15) is 0 Å². The van der Waals surface area contributed by atoms with Crippen LogP contribution in [0.5, 0.6) is 17.2 Å². The second kappa shape index (κ2) is 11.8. The number of aromatic amines is 1. The predicted molar refractivity (Wildman–Crippen MR) is 167 cm³/mol. The van der Waals surface area contributed by atoms with Crippen molar-refractivity contribution >= 4 is 28.8 Å². The Morgan fingerprint density at radius 1 is 0.978 bits per heavy atom. The van der Waals surface area contributed by atoms with E-state index in [1.165, 1.54) is 6.33 Å².